The van der Waals surface area contributed by atoms with E-state index in [0.717, 1.165) is 12.1 Å². The lowest BCUT2D eigenvalue weighted by Gasteiger charge is -2.05. The summed E-state index contributed by atoms with van der Waals surface area (Å²) < 4.78 is 0. The Labute approximate surface area is 95.8 Å². The molecule has 0 saturated carbocycles. The van der Waals surface area contributed by atoms with E-state index in [2.05, 4.69) is 30.4 Å². The molecule has 0 unspecified atom stereocenters. The van der Waals surface area contributed by atoms with E-state index in [-0.39, 0.29) is 0 Å². The number of carboxylic acids is 1. The Kier molecular flexibility index (Phi) is 4.73. The molecule has 0 spiro atoms. The number of hydrogen-bond donors (Lipinski definition) is 2. The molecule has 0 radical (unpaired) electrons. The largest absolute Gasteiger partial charge is 0.478 e. The van der Waals surface area contributed by atoms with E-state index in [1.54, 1.807) is 6.92 Å². The van der Waals surface area contributed by atoms with E-state index < -0.39 is 5.97 Å². The lowest BCUT2D eigenvalue weighted by Crippen LogP contribution is -2.16. The van der Waals surface area contributed by atoms with Gasteiger partial charge in [-0.15, -0.1) is 0 Å². The Bertz CT molecular complexity index is 397. The summed E-state index contributed by atoms with van der Waals surface area (Å²) in [7, 11) is 0. The van der Waals surface area contributed by atoms with Crippen molar-refractivity contribution >= 4 is 5.97 Å². The zero-order chi connectivity index (χ0) is 12.0. The molecule has 0 bridgehead atoms. The molecule has 0 aromatic heterocycles. The predicted octanol–water partition coefficient (Wildman–Crippen LogP) is 2.12. The lowest BCUT2D eigenvalue weighted by molar-refractivity contribution is -0.131. The standard InChI is InChI=1S/C13H17NO2/c1-10-4-3-5-12(6-10)9-14-8-11(2)7-13(15)16/h3-7,14H,8-9H2,1-2H3,(H,15,16)/b11-7-. The van der Waals surface area contributed by atoms with Crippen LogP contribution in [0.5, 0.6) is 0 Å². The minimum absolute atomic E-state index is 0.597. The van der Waals surface area contributed by atoms with E-state index in [0.29, 0.717) is 6.54 Å². The first kappa shape index (κ1) is 12.5. The molecule has 0 fully saturated rings. The van der Waals surface area contributed by atoms with Gasteiger partial charge < -0.3 is 10.4 Å². The van der Waals surface area contributed by atoms with Gasteiger partial charge in [-0.25, -0.2) is 4.79 Å². The van der Waals surface area contributed by atoms with Gasteiger partial charge in [0.1, 0.15) is 0 Å². The highest BCUT2D eigenvalue weighted by atomic mass is 16.4. The second-order valence-corrected chi connectivity index (χ2v) is 3.92. The smallest absolute Gasteiger partial charge is 0.328 e. The number of hydrogen-bond acceptors (Lipinski definition) is 2. The molecule has 3 nitrogen and oxygen atoms in total. The van der Waals surface area contributed by atoms with Gasteiger partial charge in [-0.2, -0.15) is 0 Å². The molecule has 86 valence electrons. The van der Waals surface area contributed by atoms with Gasteiger partial charge in [0.25, 0.3) is 0 Å². The van der Waals surface area contributed by atoms with E-state index in [1.165, 1.54) is 17.2 Å². The van der Waals surface area contributed by atoms with Crippen molar-refractivity contribution in [3.63, 3.8) is 0 Å². The highest BCUT2D eigenvalue weighted by Crippen LogP contribution is 2.03. The number of carbonyl (C=O) groups is 1. The van der Waals surface area contributed by atoms with Crippen LogP contribution in [0.4, 0.5) is 0 Å². The summed E-state index contributed by atoms with van der Waals surface area (Å²) in [5.74, 6) is -0.894. The third-order valence-corrected chi connectivity index (χ3v) is 2.19. The van der Waals surface area contributed by atoms with Gasteiger partial charge in [-0.3, -0.25) is 0 Å². The topological polar surface area (TPSA) is 49.3 Å². The summed E-state index contributed by atoms with van der Waals surface area (Å²) in [6, 6.07) is 8.24. The van der Waals surface area contributed by atoms with Crippen molar-refractivity contribution in [3.8, 4) is 0 Å². The Hall–Kier alpha value is -1.61. The van der Waals surface area contributed by atoms with Crippen molar-refractivity contribution in [2.75, 3.05) is 6.54 Å². The molecular weight excluding hydrogens is 202 g/mol. The van der Waals surface area contributed by atoms with Crippen molar-refractivity contribution < 1.29 is 9.90 Å². The van der Waals surface area contributed by atoms with E-state index in [1.807, 2.05) is 6.07 Å². The van der Waals surface area contributed by atoms with Gasteiger partial charge in [0.05, 0.1) is 0 Å². The maximum Gasteiger partial charge on any atom is 0.328 e. The third kappa shape index (κ3) is 4.75. The van der Waals surface area contributed by atoms with Crippen LogP contribution in [-0.2, 0) is 11.3 Å². The second kappa shape index (κ2) is 6.08. The summed E-state index contributed by atoms with van der Waals surface area (Å²) in [6.07, 6.45) is 1.23. The molecule has 0 saturated heterocycles. The Morgan fingerprint density at radius 1 is 1.50 bits per heavy atom. The summed E-state index contributed by atoms with van der Waals surface area (Å²) in [6.45, 7) is 5.21. The fourth-order valence-corrected chi connectivity index (χ4v) is 1.49. The van der Waals surface area contributed by atoms with Crippen LogP contribution in [0, 0.1) is 6.92 Å². The van der Waals surface area contributed by atoms with Crippen molar-refractivity contribution in [1.82, 2.24) is 5.32 Å². The molecule has 1 rings (SSSR count). The highest BCUT2D eigenvalue weighted by Gasteiger charge is 1.95. The average Bonchev–Trinajstić information content (AvgIpc) is 2.16. The van der Waals surface area contributed by atoms with E-state index in [9.17, 15) is 4.79 Å². The van der Waals surface area contributed by atoms with Crippen molar-refractivity contribution in [3.05, 3.63) is 47.0 Å². The van der Waals surface area contributed by atoms with Crippen molar-refractivity contribution in [2.24, 2.45) is 0 Å². The number of nitrogens with one attached hydrogen (secondary N) is 1. The minimum atomic E-state index is -0.894. The molecule has 0 aliphatic heterocycles. The van der Waals surface area contributed by atoms with Crippen molar-refractivity contribution in [1.29, 1.82) is 0 Å². The molecule has 1 aromatic carbocycles. The Balaban J connectivity index is 2.39. The quantitative estimate of drug-likeness (QED) is 0.746. The fraction of sp³-hybridized carbons (Fsp3) is 0.308. The van der Waals surface area contributed by atoms with Crippen LogP contribution in [0.25, 0.3) is 0 Å². The molecule has 3 heteroatoms. The number of aryl methyl sites for hydroxylation is 1. The first-order valence-corrected chi connectivity index (χ1v) is 5.24. The lowest BCUT2D eigenvalue weighted by atomic mass is 10.1. The molecule has 16 heavy (non-hydrogen) atoms. The van der Waals surface area contributed by atoms with Crippen LogP contribution in [0.2, 0.25) is 0 Å². The summed E-state index contributed by atoms with van der Waals surface area (Å²) in [5.41, 5.74) is 3.26. The summed E-state index contributed by atoms with van der Waals surface area (Å²) in [5, 5.41) is 11.7. The molecule has 0 aliphatic carbocycles. The van der Waals surface area contributed by atoms with Crippen LogP contribution >= 0.6 is 0 Å². The first-order valence-electron chi connectivity index (χ1n) is 5.24. The number of carboxylic acid groups (broad SMARTS) is 1. The Morgan fingerprint density at radius 2 is 2.25 bits per heavy atom. The average molecular weight is 219 g/mol. The molecule has 0 aliphatic rings. The fourth-order valence-electron chi connectivity index (χ4n) is 1.49. The van der Waals surface area contributed by atoms with Gasteiger partial charge in [0, 0.05) is 19.2 Å². The summed E-state index contributed by atoms with van der Waals surface area (Å²) >= 11 is 0. The normalized spacial score (nSPS) is 11.5. The monoisotopic (exact) mass is 219 g/mol. The van der Waals surface area contributed by atoms with Gasteiger partial charge in [0.15, 0.2) is 0 Å². The molecular formula is C13H17NO2. The zero-order valence-electron chi connectivity index (χ0n) is 9.66. The highest BCUT2D eigenvalue weighted by molar-refractivity contribution is 5.80. The SMILES string of the molecule is C/C(=C/C(=O)O)CNCc1cccc(C)c1. The number of benzene rings is 1. The van der Waals surface area contributed by atoms with Crippen LogP contribution in [0.3, 0.4) is 0 Å². The molecule has 0 heterocycles. The predicted molar refractivity (Wildman–Crippen MR) is 64.3 cm³/mol. The molecule has 0 amide bonds. The zero-order valence-corrected chi connectivity index (χ0v) is 9.66. The van der Waals surface area contributed by atoms with Gasteiger partial charge in [0.2, 0.25) is 0 Å². The van der Waals surface area contributed by atoms with Crippen LogP contribution in [0.1, 0.15) is 18.1 Å². The Morgan fingerprint density at radius 3 is 2.88 bits per heavy atom. The van der Waals surface area contributed by atoms with Gasteiger partial charge in [-0.1, -0.05) is 35.4 Å². The molecule has 2 N–H and O–H groups in total. The maximum absolute atomic E-state index is 10.4. The minimum Gasteiger partial charge on any atom is -0.478 e. The number of rotatable bonds is 5. The second-order valence-electron chi connectivity index (χ2n) is 3.92. The van der Waals surface area contributed by atoms with Gasteiger partial charge >= 0.3 is 5.97 Å². The summed E-state index contributed by atoms with van der Waals surface area (Å²) in [4.78, 5) is 10.4. The maximum atomic E-state index is 10.4. The molecule has 1 aromatic rings. The third-order valence-electron chi connectivity index (χ3n) is 2.19. The van der Waals surface area contributed by atoms with Gasteiger partial charge in [-0.05, 0) is 19.4 Å². The molecule has 0 atom stereocenters. The van der Waals surface area contributed by atoms with Crippen LogP contribution in [0.15, 0.2) is 35.9 Å². The first-order chi connectivity index (χ1) is 7.58. The van der Waals surface area contributed by atoms with Crippen LogP contribution < -0.4 is 5.32 Å². The number of aliphatic carboxylic acids is 1. The van der Waals surface area contributed by atoms with E-state index >= 15 is 0 Å². The van der Waals surface area contributed by atoms with Crippen LogP contribution in [-0.4, -0.2) is 17.6 Å². The van der Waals surface area contributed by atoms with E-state index in [4.69, 9.17) is 5.11 Å². The van der Waals surface area contributed by atoms with Crippen molar-refractivity contribution in [2.45, 2.75) is 20.4 Å².